The summed E-state index contributed by atoms with van der Waals surface area (Å²) < 4.78 is 6.90. The number of hydrogen-bond acceptors (Lipinski definition) is 7. The van der Waals surface area contributed by atoms with Gasteiger partial charge in [0.2, 0.25) is 5.95 Å². The van der Waals surface area contributed by atoms with Crippen molar-refractivity contribution in [1.29, 1.82) is 0 Å². The van der Waals surface area contributed by atoms with Crippen LogP contribution in [0.2, 0.25) is 0 Å². The lowest BCUT2D eigenvalue weighted by atomic mass is 10.1. The predicted octanol–water partition coefficient (Wildman–Crippen LogP) is 3.43. The van der Waals surface area contributed by atoms with Gasteiger partial charge in [0.25, 0.3) is 5.56 Å². The number of rotatable bonds is 3. The van der Waals surface area contributed by atoms with Gasteiger partial charge in [0.05, 0.1) is 11.4 Å². The Morgan fingerprint density at radius 1 is 1.24 bits per heavy atom. The summed E-state index contributed by atoms with van der Waals surface area (Å²) in [5.41, 5.74) is 9.56. The van der Waals surface area contributed by atoms with Gasteiger partial charge in [-0.3, -0.25) is 14.7 Å². The van der Waals surface area contributed by atoms with E-state index in [4.69, 9.17) is 10.5 Å². The minimum absolute atomic E-state index is 0.135. The Labute approximate surface area is 192 Å². The molecule has 2 aromatic heterocycles. The Morgan fingerprint density at radius 3 is 2.79 bits per heavy atom. The molecule has 9 nitrogen and oxygen atoms in total. The number of hydrogen-bond donors (Lipinski definition) is 2. The highest BCUT2D eigenvalue weighted by Gasteiger charge is 2.23. The maximum absolute atomic E-state index is 13.5. The van der Waals surface area contributed by atoms with Crippen LogP contribution < -0.4 is 21.5 Å². The molecule has 1 aliphatic rings. The second-order valence-corrected chi connectivity index (χ2v) is 9.07. The largest absolute Gasteiger partial charge is 0.444 e. The quantitative estimate of drug-likeness (QED) is 0.631. The van der Waals surface area contributed by atoms with E-state index in [-0.39, 0.29) is 11.5 Å². The van der Waals surface area contributed by atoms with Crippen LogP contribution in [0, 0.1) is 6.92 Å². The number of fused-ring (bicyclic) bond motifs is 1. The van der Waals surface area contributed by atoms with Crippen LogP contribution in [0.4, 0.5) is 22.1 Å². The van der Waals surface area contributed by atoms with Crippen molar-refractivity contribution in [2.24, 2.45) is 0 Å². The van der Waals surface area contributed by atoms with Crippen LogP contribution in [0.25, 0.3) is 5.69 Å². The molecule has 0 atom stereocenters. The van der Waals surface area contributed by atoms with Crippen LogP contribution in [0.15, 0.2) is 47.5 Å². The Balaban J connectivity index is 1.63. The molecule has 3 aromatic rings. The first kappa shape index (κ1) is 22.3. The number of nitrogens with two attached hydrogens (primary N) is 1. The second kappa shape index (κ2) is 8.57. The molecule has 4 rings (SSSR count). The van der Waals surface area contributed by atoms with Crippen molar-refractivity contribution in [2.45, 2.75) is 46.3 Å². The first-order valence-corrected chi connectivity index (χ1v) is 10.8. The van der Waals surface area contributed by atoms with E-state index in [0.29, 0.717) is 36.6 Å². The molecule has 33 heavy (non-hydrogen) atoms. The molecule has 0 fully saturated rings. The van der Waals surface area contributed by atoms with Gasteiger partial charge in [-0.15, -0.1) is 0 Å². The van der Waals surface area contributed by atoms with E-state index >= 15 is 0 Å². The van der Waals surface area contributed by atoms with Gasteiger partial charge in [-0.25, -0.2) is 14.8 Å². The number of aromatic nitrogens is 3. The van der Waals surface area contributed by atoms with E-state index in [2.05, 4.69) is 20.2 Å². The average Bonchev–Trinajstić information content (AvgIpc) is 2.72. The molecule has 0 radical (unpaired) electrons. The van der Waals surface area contributed by atoms with E-state index in [1.165, 1.54) is 0 Å². The number of nitrogens with zero attached hydrogens (tertiary/aromatic N) is 4. The summed E-state index contributed by atoms with van der Waals surface area (Å²) in [5, 5.41) is 2.72. The molecule has 9 heteroatoms. The first-order valence-electron chi connectivity index (χ1n) is 10.8. The molecule has 172 valence electrons. The number of benzene rings is 1. The number of amides is 1. The summed E-state index contributed by atoms with van der Waals surface area (Å²) in [4.78, 5) is 36.1. The van der Waals surface area contributed by atoms with Gasteiger partial charge >= 0.3 is 6.09 Å². The van der Waals surface area contributed by atoms with Crippen LogP contribution in [-0.2, 0) is 17.7 Å². The molecule has 1 aliphatic heterocycles. The van der Waals surface area contributed by atoms with Crippen molar-refractivity contribution in [1.82, 2.24) is 14.5 Å². The predicted molar refractivity (Wildman–Crippen MR) is 128 cm³/mol. The van der Waals surface area contributed by atoms with Crippen LogP contribution in [0.1, 0.15) is 37.6 Å². The highest BCUT2D eigenvalue weighted by atomic mass is 16.6. The van der Waals surface area contributed by atoms with E-state index in [1.807, 2.05) is 19.1 Å². The van der Waals surface area contributed by atoms with Crippen LogP contribution >= 0.6 is 0 Å². The SMILES string of the molecule is Cc1ccn(-c2cccc(NC(=O)OC(C)(C)C)c2)c(=O)c1N1CCc2nc(N)ncc2C1. The monoisotopic (exact) mass is 448 g/mol. The molecule has 0 bridgehead atoms. The van der Waals surface area contributed by atoms with E-state index in [1.54, 1.807) is 55.9 Å². The standard InChI is InChI=1S/C24H28N6O3/c1-15-8-11-30(18-7-5-6-17(12-18)27-23(32)33-24(2,3)4)21(31)20(15)29-10-9-19-16(14-29)13-26-22(25)28-19/h5-8,11-13H,9-10,14H2,1-4H3,(H,27,32)(H2,25,26,28). The molecule has 0 aliphatic carbocycles. The Kier molecular flexibility index (Phi) is 5.80. The number of aryl methyl sites for hydroxylation is 1. The molecular formula is C24H28N6O3. The van der Waals surface area contributed by atoms with Crippen molar-refractivity contribution < 1.29 is 9.53 Å². The van der Waals surface area contributed by atoms with Gasteiger partial charge in [0, 0.05) is 43.2 Å². The van der Waals surface area contributed by atoms with Crippen LogP contribution in [0.5, 0.6) is 0 Å². The summed E-state index contributed by atoms with van der Waals surface area (Å²) >= 11 is 0. The van der Waals surface area contributed by atoms with E-state index in [9.17, 15) is 9.59 Å². The smallest absolute Gasteiger partial charge is 0.412 e. The van der Waals surface area contributed by atoms with Crippen molar-refractivity contribution in [2.75, 3.05) is 22.5 Å². The van der Waals surface area contributed by atoms with Crippen molar-refractivity contribution in [3.8, 4) is 5.69 Å². The summed E-state index contributed by atoms with van der Waals surface area (Å²) in [6.45, 7) is 8.53. The summed E-state index contributed by atoms with van der Waals surface area (Å²) in [5.74, 6) is 0.264. The van der Waals surface area contributed by atoms with Gasteiger partial charge in [0.1, 0.15) is 11.3 Å². The normalized spacial score (nSPS) is 13.4. The molecule has 1 amide bonds. The van der Waals surface area contributed by atoms with Gasteiger partial charge < -0.3 is 15.4 Å². The lowest BCUT2D eigenvalue weighted by molar-refractivity contribution is 0.0636. The zero-order chi connectivity index (χ0) is 23.8. The minimum Gasteiger partial charge on any atom is -0.444 e. The van der Waals surface area contributed by atoms with Crippen molar-refractivity contribution in [3.63, 3.8) is 0 Å². The fourth-order valence-electron chi connectivity index (χ4n) is 3.88. The number of carbonyl (C=O) groups excluding carboxylic acids is 1. The number of ether oxygens (including phenoxy) is 1. The molecule has 3 N–H and O–H groups in total. The Morgan fingerprint density at radius 2 is 2.03 bits per heavy atom. The Hall–Kier alpha value is -3.88. The lowest BCUT2D eigenvalue weighted by Crippen LogP contribution is -2.37. The van der Waals surface area contributed by atoms with Crippen molar-refractivity contribution >= 4 is 23.4 Å². The third-order valence-corrected chi connectivity index (χ3v) is 5.31. The fourth-order valence-corrected chi connectivity index (χ4v) is 3.88. The van der Waals surface area contributed by atoms with Crippen LogP contribution in [-0.4, -0.2) is 32.8 Å². The summed E-state index contributed by atoms with van der Waals surface area (Å²) in [7, 11) is 0. The Bertz CT molecular complexity index is 1260. The third-order valence-electron chi connectivity index (χ3n) is 5.31. The molecule has 0 spiro atoms. The highest BCUT2D eigenvalue weighted by Crippen LogP contribution is 2.24. The maximum Gasteiger partial charge on any atom is 0.412 e. The number of anilines is 3. The molecule has 1 aromatic carbocycles. The number of pyridine rings is 1. The number of carbonyl (C=O) groups is 1. The topological polar surface area (TPSA) is 115 Å². The third kappa shape index (κ3) is 4.97. The molecule has 0 saturated carbocycles. The zero-order valence-corrected chi connectivity index (χ0v) is 19.3. The van der Waals surface area contributed by atoms with Crippen LogP contribution in [0.3, 0.4) is 0 Å². The van der Waals surface area contributed by atoms with Gasteiger partial charge in [-0.05, 0) is 57.5 Å². The maximum atomic E-state index is 13.5. The molecule has 3 heterocycles. The molecule has 0 saturated heterocycles. The minimum atomic E-state index is -0.603. The summed E-state index contributed by atoms with van der Waals surface area (Å²) in [6, 6.07) is 9.02. The second-order valence-electron chi connectivity index (χ2n) is 9.07. The number of nitrogen functional groups attached to an aromatic ring is 1. The van der Waals surface area contributed by atoms with E-state index in [0.717, 1.165) is 16.8 Å². The van der Waals surface area contributed by atoms with Gasteiger partial charge in [0.15, 0.2) is 0 Å². The number of nitrogens with one attached hydrogen (secondary N) is 1. The van der Waals surface area contributed by atoms with Gasteiger partial charge in [-0.2, -0.15) is 0 Å². The van der Waals surface area contributed by atoms with E-state index < -0.39 is 11.7 Å². The molecule has 0 unspecified atom stereocenters. The fraction of sp³-hybridized carbons (Fsp3) is 0.333. The summed E-state index contributed by atoms with van der Waals surface area (Å²) in [6.07, 6.45) is 3.61. The van der Waals surface area contributed by atoms with Crippen molar-refractivity contribution in [3.05, 3.63) is 69.9 Å². The first-order chi connectivity index (χ1) is 15.6. The average molecular weight is 449 g/mol. The molecular weight excluding hydrogens is 420 g/mol. The zero-order valence-electron chi connectivity index (χ0n) is 19.3. The lowest BCUT2D eigenvalue weighted by Gasteiger charge is -2.30. The van der Waals surface area contributed by atoms with Gasteiger partial charge in [-0.1, -0.05) is 6.07 Å². The highest BCUT2D eigenvalue weighted by molar-refractivity contribution is 5.85.